The number of piperidine rings is 1. The van der Waals surface area contributed by atoms with E-state index in [1.807, 2.05) is 35.2 Å². The number of anilines is 1. The van der Waals surface area contributed by atoms with Gasteiger partial charge in [-0.15, -0.1) is 0 Å². The summed E-state index contributed by atoms with van der Waals surface area (Å²) >= 11 is 0. The van der Waals surface area contributed by atoms with Gasteiger partial charge in [-0.25, -0.2) is 0 Å². The fraction of sp³-hybridized carbons (Fsp3) is 0.619. The number of benzene rings is 1. The number of amides is 2. The van der Waals surface area contributed by atoms with Crippen LogP contribution in [-0.4, -0.2) is 54.3 Å². The smallest absolute Gasteiger partial charge is 0.236 e. The van der Waals surface area contributed by atoms with Crippen LogP contribution >= 0.6 is 0 Å². The van der Waals surface area contributed by atoms with Crippen LogP contribution in [0.15, 0.2) is 30.3 Å². The highest BCUT2D eigenvalue weighted by molar-refractivity contribution is 5.92. The molecule has 5 nitrogen and oxygen atoms in total. The maximum atomic E-state index is 12.6. The standard InChI is InChI=1S/C21H31N3O2/c1-23(19-10-6-3-7-11-19)16-20(25)24-14-12-17(13-15-24)21(26)22-18-8-4-2-5-9-18/h2,4-5,8-9,17,19H,3,6-7,10-16H2,1H3,(H,22,26). The van der Waals surface area contributed by atoms with Gasteiger partial charge in [0, 0.05) is 30.7 Å². The summed E-state index contributed by atoms with van der Waals surface area (Å²) in [5.74, 6) is 0.276. The van der Waals surface area contributed by atoms with Gasteiger partial charge in [-0.3, -0.25) is 14.5 Å². The number of nitrogens with zero attached hydrogens (tertiary/aromatic N) is 2. The first-order valence-corrected chi connectivity index (χ1v) is 9.97. The number of likely N-dealkylation sites (tertiary alicyclic amines) is 1. The van der Waals surface area contributed by atoms with Crippen molar-refractivity contribution in [3.8, 4) is 0 Å². The van der Waals surface area contributed by atoms with Gasteiger partial charge in [-0.1, -0.05) is 37.5 Å². The molecule has 1 aromatic rings. The van der Waals surface area contributed by atoms with Gasteiger partial charge in [0.25, 0.3) is 0 Å². The van der Waals surface area contributed by atoms with E-state index in [0.29, 0.717) is 25.7 Å². The number of para-hydroxylation sites is 1. The quantitative estimate of drug-likeness (QED) is 0.881. The molecule has 0 aromatic heterocycles. The van der Waals surface area contributed by atoms with E-state index in [4.69, 9.17) is 0 Å². The van der Waals surface area contributed by atoms with Crippen molar-refractivity contribution in [3.05, 3.63) is 30.3 Å². The number of carbonyl (C=O) groups excluding carboxylic acids is 2. The lowest BCUT2D eigenvalue weighted by Crippen LogP contribution is -2.47. The molecule has 0 bridgehead atoms. The number of likely N-dealkylation sites (N-methyl/N-ethyl adjacent to an activating group) is 1. The molecule has 0 spiro atoms. The molecule has 0 radical (unpaired) electrons. The fourth-order valence-corrected chi connectivity index (χ4v) is 4.12. The normalized spacial score (nSPS) is 19.5. The van der Waals surface area contributed by atoms with E-state index < -0.39 is 0 Å². The summed E-state index contributed by atoms with van der Waals surface area (Å²) in [6.45, 7) is 1.87. The van der Waals surface area contributed by atoms with Crippen molar-refractivity contribution in [1.29, 1.82) is 0 Å². The number of hydrogen-bond donors (Lipinski definition) is 1. The van der Waals surface area contributed by atoms with Gasteiger partial charge >= 0.3 is 0 Å². The second-order valence-corrected chi connectivity index (χ2v) is 7.72. The molecule has 1 saturated heterocycles. The maximum Gasteiger partial charge on any atom is 0.236 e. The number of nitrogens with one attached hydrogen (secondary N) is 1. The largest absolute Gasteiger partial charge is 0.342 e. The fourth-order valence-electron chi connectivity index (χ4n) is 4.12. The lowest BCUT2D eigenvalue weighted by molar-refractivity contribution is -0.135. The summed E-state index contributed by atoms with van der Waals surface area (Å²) in [6, 6.07) is 10.1. The molecule has 1 heterocycles. The molecule has 2 amide bonds. The van der Waals surface area contributed by atoms with Crippen LogP contribution in [0.3, 0.4) is 0 Å². The van der Waals surface area contributed by atoms with Crippen molar-refractivity contribution in [3.63, 3.8) is 0 Å². The summed E-state index contributed by atoms with van der Waals surface area (Å²) in [5, 5.41) is 2.98. The SMILES string of the molecule is CN(CC(=O)N1CCC(C(=O)Nc2ccccc2)CC1)C1CCCCC1. The first-order chi connectivity index (χ1) is 12.6. The second kappa shape index (κ2) is 9.17. The average molecular weight is 357 g/mol. The molecular weight excluding hydrogens is 326 g/mol. The lowest BCUT2D eigenvalue weighted by Gasteiger charge is -2.35. The van der Waals surface area contributed by atoms with E-state index >= 15 is 0 Å². The monoisotopic (exact) mass is 357 g/mol. The summed E-state index contributed by atoms with van der Waals surface area (Å²) in [4.78, 5) is 29.2. The molecule has 1 N–H and O–H groups in total. The van der Waals surface area contributed by atoms with Gasteiger partial charge in [0.1, 0.15) is 0 Å². The Balaban J connectivity index is 1.42. The van der Waals surface area contributed by atoms with Crippen molar-refractivity contribution in [2.24, 2.45) is 5.92 Å². The summed E-state index contributed by atoms with van der Waals surface area (Å²) < 4.78 is 0. The minimum Gasteiger partial charge on any atom is -0.342 e. The molecule has 5 heteroatoms. The highest BCUT2D eigenvalue weighted by Crippen LogP contribution is 2.23. The van der Waals surface area contributed by atoms with Crippen molar-refractivity contribution >= 4 is 17.5 Å². The highest BCUT2D eigenvalue weighted by atomic mass is 16.2. The van der Waals surface area contributed by atoms with Crippen LogP contribution in [0.1, 0.15) is 44.9 Å². The van der Waals surface area contributed by atoms with Crippen molar-refractivity contribution in [2.45, 2.75) is 51.0 Å². The van der Waals surface area contributed by atoms with E-state index in [2.05, 4.69) is 17.3 Å². The predicted molar refractivity (Wildman–Crippen MR) is 104 cm³/mol. The van der Waals surface area contributed by atoms with Gasteiger partial charge in [-0.2, -0.15) is 0 Å². The van der Waals surface area contributed by atoms with Crippen LogP contribution in [0.4, 0.5) is 5.69 Å². The van der Waals surface area contributed by atoms with Crippen LogP contribution in [0.2, 0.25) is 0 Å². The molecular formula is C21H31N3O2. The van der Waals surface area contributed by atoms with Crippen molar-refractivity contribution in [1.82, 2.24) is 9.80 Å². The van der Waals surface area contributed by atoms with Crippen molar-refractivity contribution in [2.75, 3.05) is 32.0 Å². The Labute approximate surface area is 156 Å². The molecule has 2 aliphatic rings. The zero-order chi connectivity index (χ0) is 18.4. The Bertz CT molecular complexity index is 591. The first kappa shape index (κ1) is 18.9. The zero-order valence-corrected chi connectivity index (χ0v) is 15.8. The van der Waals surface area contributed by atoms with Crippen LogP contribution in [0.5, 0.6) is 0 Å². The van der Waals surface area contributed by atoms with Crippen LogP contribution < -0.4 is 5.32 Å². The molecule has 1 saturated carbocycles. The lowest BCUT2D eigenvalue weighted by atomic mass is 9.94. The number of carbonyl (C=O) groups is 2. The van der Waals surface area contributed by atoms with Crippen LogP contribution in [0.25, 0.3) is 0 Å². The second-order valence-electron chi connectivity index (χ2n) is 7.72. The van der Waals surface area contributed by atoms with E-state index in [1.165, 1.54) is 32.1 Å². The van der Waals surface area contributed by atoms with Gasteiger partial charge in [0.2, 0.25) is 11.8 Å². The third kappa shape index (κ3) is 5.07. The molecule has 0 atom stereocenters. The van der Waals surface area contributed by atoms with Gasteiger partial charge in [0.15, 0.2) is 0 Å². The summed E-state index contributed by atoms with van der Waals surface area (Å²) in [7, 11) is 2.08. The Kier molecular flexibility index (Phi) is 6.67. The Morgan fingerprint density at radius 2 is 1.69 bits per heavy atom. The van der Waals surface area contributed by atoms with Crippen LogP contribution in [-0.2, 0) is 9.59 Å². The summed E-state index contributed by atoms with van der Waals surface area (Å²) in [6.07, 6.45) is 7.82. The minimum absolute atomic E-state index is 0.00432. The molecule has 142 valence electrons. The molecule has 2 fully saturated rings. The van der Waals surface area contributed by atoms with Gasteiger partial charge in [-0.05, 0) is 44.9 Å². The van der Waals surface area contributed by atoms with Crippen LogP contribution in [0, 0.1) is 5.92 Å². The Morgan fingerprint density at radius 1 is 1.04 bits per heavy atom. The number of hydrogen-bond acceptors (Lipinski definition) is 3. The van der Waals surface area contributed by atoms with Gasteiger partial charge in [0.05, 0.1) is 6.54 Å². The molecule has 1 aliphatic heterocycles. The van der Waals surface area contributed by atoms with E-state index in [1.54, 1.807) is 0 Å². The topological polar surface area (TPSA) is 52.7 Å². The van der Waals surface area contributed by atoms with E-state index in [-0.39, 0.29) is 17.7 Å². The summed E-state index contributed by atoms with van der Waals surface area (Å²) in [5.41, 5.74) is 0.838. The van der Waals surface area contributed by atoms with Crippen molar-refractivity contribution < 1.29 is 9.59 Å². The Morgan fingerprint density at radius 3 is 2.35 bits per heavy atom. The third-order valence-electron chi connectivity index (χ3n) is 5.84. The molecule has 26 heavy (non-hydrogen) atoms. The van der Waals surface area contributed by atoms with E-state index in [9.17, 15) is 9.59 Å². The predicted octanol–water partition coefficient (Wildman–Crippen LogP) is 3.13. The molecule has 1 aliphatic carbocycles. The maximum absolute atomic E-state index is 12.6. The molecule has 3 rings (SSSR count). The zero-order valence-electron chi connectivity index (χ0n) is 15.8. The average Bonchev–Trinajstić information content (AvgIpc) is 2.69. The molecule has 0 unspecified atom stereocenters. The number of rotatable bonds is 5. The molecule has 1 aromatic carbocycles. The third-order valence-corrected chi connectivity index (χ3v) is 5.84. The van der Waals surface area contributed by atoms with E-state index in [0.717, 1.165) is 18.5 Å². The van der Waals surface area contributed by atoms with Gasteiger partial charge < -0.3 is 10.2 Å². The highest BCUT2D eigenvalue weighted by Gasteiger charge is 2.28. The first-order valence-electron chi connectivity index (χ1n) is 9.97. The Hall–Kier alpha value is -1.88. The minimum atomic E-state index is -0.00432.